The van der Waals surface area contributed by atoms with Crippen molar-refractivity contribution in [2.75, 3.05) is 26.9 Å². The highest BCUT2D eigenvalue weighted by atomic mass is 32.3. The third kappa shape index (κ3) is 10.4. The minimum atomic E-state index is -5.19. The third-order valence-corrected chi connectivity index (χ3v) is 21.3. The Kier molecular flexibility index (Phi) is 18.2. The Morgan fingerprint density at radius 3 is 1.90 bits per heavy atom. The van der Waals surface area contributed by atoms with E-state index in [0.29, 0.717) is 50.9 Å². The normalized spacial score (nSPS) is 51.7. The molecule has 5 saturated heterocycles. The van der Waals surface area contributed by atoms with Gasteiger partial charge in [-0.05, 0) is 99.2 Å². The summed E-state index contributed by atoms with van der Waals surface area (Å²) in [5.41, 5.74) is -5.44. The summed E-state index contributed by atoms with van der Waals surface area (Å²) in [7, 11) is -4.01. The molecule has 28 atom stereocenters. The number of carbonyl (C=O) groups is 1. The molecule has 5 aliphatic heterocycles. The fourth-order valence-electron chi connectivity index (χ4n) is 16.4. The molecular formula is C54H88O26S. The monoisotopic (exact) mass is 1180 g/mol. The van der Waals surface area contributed by atoms with Gasteiger partial charge in [-0.1, -0.05) is 59.6 Å². The lowest BCUT2D eigenvalue weighted by Crippen LogP contribution is -2.68. The van der Waals surface area contributed by atoms with E-state index in [2.05, 4.69) is 20.8 Å². The van der Waals surface area contributed by atoms with Gasteiger partial charge in [-0.3, -0.25) is 9.35 Å². The zero-order chi connectivity index (χ0) is 59.5. The largest absolute Gasteiger partial charge is 0.456 e. The third-order valence-electron chi connectivity index (χ3n) is 20.8. The van der Waals surface area contributed by atoms with Gasteiger partial charge >= 0.3 is 16.4 Å². The molecule has 0 aromatic carbocycles. The number of aliphatic hydroxyl groups excluding tert-OH is 10. The predicted octanol–water partition coefficient (Wildman–Crippen LogP) is -1.40. The molecule has 27 heteroatoms. The van der Waals surface area contributed by atoms with E-state index in [1.807, 2.05) is 33.8 Å². The first-order valence-corrected chi connectivity index (χ1v) is 29.9. The zero-order valence-corrected chi connectivity index (χ0v) is 48.2. The van der Waals surface area contributed by atoms with Gasteiger partial charge in [0, 0.05) is 7.11 Å². The number of allylic oxidation sites excluding steroid dienone is 1. The lowest BCUT2D eigenvalue weighted by atomic mass is 9.40. The smallest absolute Gasteiger partial charge is 0.397 e. The Labute approximate surface area is 471 Å². The Morgan fingerprint density at radius 2 is 1.30 bits per heavy atom. The first kappa shape index (κ1) is 63.8. The molecule has 81 heavy (non-hydrogen) atoms. The summed E-state index contributed by atoms with van der Waals surface area (Å²) in [5, 5.41) is 125. The van der Waals surface area contributed by atoms with Gasteiger partial charge in [0.2, 0.25) is 0 Å². The number of rotatable bonds is 17. The molecule has 9 rings (SSSR count). The molecule has 4 aliphatic carbocycles. The molecule has 5 heterocycles. The summed E-state index contributed by atoms with van der Waals surface area (Å²) in [6, 6.07) is 0. The van der Waals surface area contributed by atoms with E-state index in [1.54, 1.807) is 0 Å². The van der Waals surface area contributed by atoms with Crippen LogP contribution in [0.15, 0.2) is 11.6 Å². The van der Waals surface area contributed by atoms with Crippen LogP contribution in [-0.2, 0) is 66.7 Å². The Balaban J connectivity index is 0.911. The number of aliphatic hydroxyl groups is 11. The molecule has 0 aromatic heterocycles. The van der Waals surface area contributed by atoms with E-state index in [4.69, 9.17) is 51.6 Å². The van der Waals surface area contributed by atoms with Crippen LogP contribution in [-0.4, -0.2) is 242 Å². The van der Waals surface area contributed by atoms with Crippen molar-refractivity contribution in [1.29, 1.82) is 0 Å². The van der Waals surface area contributed by atoms with Crippen LogP contribution in [0.25, 0.3) is 0 Å². The number of methoxy groups -OCH3 is 1. The van der Waals surface area contributed by atoms with Crippen molar-refractivity contribution < 1.29 is 125 Å². The number of ether oxygens (including phenoxy) is 10. The summed E-state index contributed by atoms with van der Waals surface area (Å²) in [4.78, 5) is 14.5. The van der Waals surface area contributed by atoms with Crippen LogP contribution in [0.3, 0.4) is 0 Å². The van der Waals surface area contributed by atoms with Gasteiger partial charge in [-0.2, -0.15) is 8.42 Å². The predicted molar refractivity (Wildman–Crippen MR) is 274 cm³/mol. The average molecular weight is 1190 g/mol. The van der Waals surface area contributed by atoms with Crippen molar-refractivity contribution in [1.82, 2.24) is 0 Å². The summed E-state index contributed by atoms with van der Waals surface area (Å²) in [5.74, 6) is -0.430. The summed E-state index contributed by atoms with van der Waals surface area (Å²) < 4.78 is 97.9. The van der Waals surface area contributed by atoms with E-state index >= 15 is 0 Å². The first-order chi connectivity index (χ1) is 37.8. The van der Waals surface area contributed by atoms with Gasteiger partial charge in [-0.15, -0.1) is 0 Å². The van der Waals surface area contributed by atoms with Gasteiger partial charge in [0.15, 0.2) is 25.2 Å². The minimum absolute atomic E-state index is 0.111. The van der Waals surface area contributed by atoms with Gasteiger partial charge < -0.3 is 104 Å². The minimum Gasteiger partial charge on any atom is -0.456 e. The van der Waals surface area contributed by atoms with Crippen molar-refractivity contribution in [3.63, 3.8) is 0 Å². The number of cyclic esters (lactones) is 1. The maximum atomic E-state index is 14.5. The van der Waals surface area contributed by atoms with Crippen molar-refractivity contribution in [2.45, 2.75) is 253 Å². The quantitative estimate of drug-likeness (QED) is 0.0345. The van der Waals surface area contributed by atoms with Gasteiger partial charge in [-0.25, -0.2) is 4.18 Å². The highest BCUT2D eigenvalue weighted by Crippen LogP contribution is 2.77. The van der Waals surface area contributed by atoms with E-state index < -0.39 is 198 Å². The van der Waals surface area contributed by atoms with E-state index in [1.165, 1.54) is 14.0 Å². The first-order valence-electron chi connectivity index (χ1n) is 28.5. The number of esters is 1. The maximum absolute atomic E-state index is 14.5. The fraction of sp³-hybridized carbons (Fsp3) is 0.944. The Morgan fingerprint density at radius 1 is 0.704 bits per heavy atom. The molecule has 3 saturated carbocycles. The molecular weight excluding hydrogens is 1100 g/mol. The highest BCUT2D eigenvalue weighted by molar-refractivity contribution is 7.80. The topological polar surface area (TPSA) is 396 Å². The van der Waals surface area contributed by atoms with Gasteiger partial charge in [0.05, 0.1) is 38.1 Å². The zero-order valence-electron chi connectivity index (χ0n) is 47.4. The van der Waals surface area contributed by atoms with Crippen molar-refractivity contribution in [3.8, 4) is 0 Å². The van der Waals surface area contributed by atoms with Crippen LogP contribution in [0, 0.1) is 39.4 Å². The van der Waals surface area contributed by atoms with E-state index in [0.717, 1.165) is 18.4 Å². The second kappa shape index (κ2) is 23.1. The molecule has 12 N–H and O–H groups in total. The summed E-state index contributed by atoms with van der Waals surface area (Å²) in [6.07, 6.45) is -27.3. The fourth-order valence-corrected chi connectivity index (χ4v) is 16.9. The lowest BCUT2D eigenvalue weighted by molar-refractivity contribution is -0.389. The highest BCUT2D eigenvalue weighted by Gasteiger charge is 2.85. The molecule has 1 spiro atoms. The summed E-state index contributed by atoms with van der Waals surface area (Å²) >= 11 is 0. The number of fused-ring (bicyclic) bond motifs is 4. The molecule has 9 aliphatic rings. The van der Waals surface area contributed by atoms with E-state index in [9.17, 15) is 73.9 Å². The second-order valence-electron chi connectivity index (χ2n) is 26.0. The Bertz CT molecular complexity index is 2380. The lowest BCUT2D eigenvalue weighted by Gasteiger charge is -2.64. The van der Waals surface area contributed by atoms with Crippen LogP contribution < -0.4 is 0 Å². The van der Waals surface area contributed by atoms with E-state index in [-0.39, 0.29) is 11.8 Å². The second-order valence-corrected chi connectivity index (χ2v) is 27.1. The van der Waals surface area contributed by atoms with Gasteiger partial charge in [0.1, 0.15) is 102 Å². The number of hydrogen-bond donors (Lipinski definition) is 12. The standard InChI is InChI=1S/C54H88O26S/c1-23(2)11-10-15-52(8)53(66)18-17-51(7)25-12-13-30-49(4,5)32(14-16-50(30,6)26(25)19-31(57)54(51,53)48(65)79-52)75-47-43(35(60)29(22-71-47)80-81(67,68)69)78-44-37(62)36(61)40(24(3)72-44)76-46-39(64)42(34(59)28(21-56)74-46)77-45-38(63)41(70-9)33(58)27(20-55)73-45/h19,23-25,27-47,55-64,66H,10-18,20-22H2,1-9H3,(H,67,68,69). The van der Waals surface area contributed by atoms with Crippen LogP contribution in [0.5, 0.6) is 0 Å². The molecule has 28 unspecified atom stereocenters. The average Bonchev–Trinajstić information content (AvgIpc) is 3.69. The Hall–Kier alpha value is -1.72. The summed E-state index contributed by atoms with van der Waals surface area (Å²) in [6.45, 7) is 13.5. The van der Waals surface area contributed by atoms with Crippen LogP contribution >= 0.6 is 0 Å². The molecule has 0 amide bonds. The number of carbonyl (C=O) groups excluding carboxylic acids is 1. The van der Waals surface area contributed by atoms with Crippen LogP contribution in [0.2, 0.25) is 0 Å². The van der Waals surface area contributed by atoms with Crippen molar-refractivity contribution in [2.24, 2.45) is 39.4 Å². The number of hydrogen-bond acceptors (Lipinski definition) is 25. The van der Waals surface area contributed by atoms with Crippen molar-refractivity contribution >= 4 is 16.4 Å². The molecule has 466 valence electrons. The van der Waals surface area contributed by atoms with Crippen molar-refractivity contribution in [3.05, 3.63) is 11.6 Å². The molecule has 26 nitrogen and oxygen atoms in total. The molecule has 0 bridgehead atoms. The molecule has 8 fully saturated rings. The van der Waals surface area contributed by atoms with Gasteiger partial charge in [0.25, 0.3) is 0 Å². The maximum Gasteiger partial charge on any atom is 0.397 e. The van der Waals surface area contributed by atoms with Crippen LogP contribution in [0.1, 0.15) is 113 Å². The SMILES string of the molecule is COC1C(O)C(CO)OC(OC2C(O)C(CO)OC(OC3C(C)OC(OC4C(OC5CCC6(C)C7=CC(O)C89C(=O)OC(C)(CCCC(C)C)C8(O)CCC9(C)C7CCC6C5(C)C)OCC(OS(=O)(=O)O)C4O)C(O)C3O)C2O)C1O. The van der Waals surface area contributed by atoms with Crippen LogP contribution in [0.4, 0.5) is 0 Å². The molecule has 0 radical (unpaired) electrons. The molecule has 0 aromatic rings.